The molecule has 0 atom stereocenters. The molecular formula is C16H34O3Si. The molecule has 0 amide bonds. The van der Waals surface area contributed by atoms with Gasteiger partial charge in [0.15, 0.2) is 0 Å². The van der Waals surface area contributed by atoms with Gasteiger partial charge in [-0.05, 0) is 25.1 Å². The van der Waals surface area contributed by atoms with Crippen LogP contribution in [0.15, 0.2) is 0 Å². The second-order valence-electron chi connectivity index (χ2n) is 5.83. The smallest absolute Gasteiger partial charge is 0.489 e. The van der Waals surface area contributed by atoms with Crippen LogP contribution in [-0.4, -0.2) is 21.1 Å². The van der Waals surface area contributed by atoms with Crippen molar-refractivity contribution in [2.24, 2.45) is 0 Å². The van der Waals surface area contributed by atoms with Crippen LogP contribution in [0.4, 0.5) is 4.79 Å². The number of hydrogen-bond donors (Lipinski definition) is 0. The van der Waals surface area contributed by atoms with Crippen molar-refractivity contribution in [3.63, 3.8) is 0 Å². The molecule has 0 unspecified atom stereocenters. The fourth-order valence-electron chi connectivity index (χ4n) is 2.02. The van der Waals surface area contributed by atoms with Gasteiger partial charge in [-0.1, -0.05) is 65.7 Å². The molecule has 0 saturated heterocycles. The second kappa shape index (κ2) is 12.2. The average Bonchev–Trinajstić information content (AvgIpc) is 2.45. The van der Waals surface area contributed by atoms with Crippen LogP contribution in [0.5, 0.6) is 0 Å². The van der Waals surface area contributed by atoms with E-state index in [1.54, 1.807) is 0 Å². The summed E-state index contributed by atoms with van der Waals surface area (Å²) >= 11 is 0. The van der Waals surface area contributed by atoms with E-state index in [4.69, 9.17) is 9.16 Å². The van der Waals surface area contributed by atoms with Gasteiger partial charge in [-0.25, -0.2) is 4.79 Å². The highest BCUT2D eigenvalue weighted by molar-refractivity contribution is 6.73. The molecule has 120 valence electrons. The molecule has 0 bridgehead atoms. The molecule has 0 aromatic heterocycles. The molecule has 3 nitrogen and oxygen atoms in total. The Morgan fingerprint density at radius 1 is 0.850 bits per heavy atom. The lowest BCUT2D eigenvalue weighted by Gasteiger charge is -2.23. The van der Waals surface area contributed by atoms with Gasteiger partial charge in [0, 0.05) is 0 Å². The van der Waals surface area contributed by atoms with E-state index in [1.165, 1.54) is 38.5 Å². The third-order valence-corrected chi connectivity index (χ3v) is 7.69. The van der Waals surface area contributed by atoms with Crippen LogP contribution in [0.25, 0.3) is 0 Å². The summed E-state index contributed by atoms with van der Waals surface area (Å²) in [5.74, 6) is 0. The molecule has 0 aliphatic rings. The highest BCUT2D eigenvalue weighted by Crippen LogP contribution is 2.17. The van der Waals surface area contributed by atoms with Crippen LogP contribution in [0.3, 0.4) is 0 Å². The van der Waals surface area contributed by atoms with Crippen molar-refractivity contribution >= 4 is 14.5 Å². The summed E-state index contributed by atoms with van der Waals surface area (Å²) in [4.78, 5) is 11.6. The van der Waals surface area contributed by atoms with Gasteiger partial charge >= 0.3 is 6.16 Å². The van der Waals surface area contributed by atoms with Gasteiger partial charge in [0.1, 0.15) is 0 Å². The second-order valence-corrected chi connectivity index (χ2v) is 10.4. The van der Waals surface area contributed by atoms with Crippen LogP contribution >= 0.6 is 0 Å². The maximum absolute atomic E-state index is 11.6. The van der Waals surface area contributed by atoms with Gasteiger partial charge in [-0.15, -0.1) is 0 Å². The van der Waals surface area contributed by atoms with Crippen LogP contribution in [0, 0.1) is 0 Å². The van der Waals surface area contributed by atoms with E-state index in [-0.39, 0.29) is 0 Å². The Morgan fingerprint density at radius 2 is 1.35 bits per heavy atom. The molecule has 0 saturated carbocycles. The quantitative estimate of drug-likeness (QED) is 0.256. The lowest BCUT2D eigenvalue weighted by Crippen LogP contribution is -2.35. The Balaban J connectivity index is 3.44. The van der Waals surface area contributed by atoms with Gasteiger partial charge in [-0.2, -0.15) is 0 Å². The van der Waals surface area contributed by atoms with E-state index in [9.17, 15) is 4.79 Å². The zero-order valence-corrected chi connectivity index (χ0v) is 15.0. The molecule has 0 heterocycles. The monoisotopic (exact) mass is 302 g/mol. The third kappa shape index (κ3) is 10.3. The topological polar surface area (TPSA) is 35.5 Å². The number of unbranched alkanes of at least 4 members (excludes halogenated alkanes) is 7. The zero-order chi connectivity index (χ0) is 15.3. The van der Waals surface area contributed by atoms with E-state index in [0.717, 1.165) is 24.9 Å². The summed E-state index contributed by atoms with van der Waals surface area (Å²) in [6, 6.07) is 1.91. The van der Waals surface area contributed by atoms with Crippen LogP contribution in [0.1, 0.15) is 72.1 Å². The molecule has 20 heavy (non-hydrogen) atoms. The first-order valence-corrected chi connectivity index (χ1v) is 11.3. The Labute approximate surface area is 126 Å². The highest BCUT2D eigenvalue weighted by Gasteiger charge is 2.29. The molecule has 0 aliphatic carbocycles. The average molecular weight is 303 g/mol. The van der Waals surface area contributed by atoms with Crippen molar-refractivity contribution in [1.29, 1.82) is 0 Å². The summed E-state index contributed by atoms with van der Waals surface area (Å²) in [6.07, 6.45) is 9.56. The fourth-order valence-corrected chi connectivity index (χ4v) is 3.27. The summed E-state index contributed by atoms with van der Waals surface area (Å²) in [7, 11) is -1.83. The van der Waals surface area contributed by atoms with E-state index < -0.39 is 14.5 Å². The van der Waals surface area contributed by atoms with Crippen LogP contribution < -0.4 is 0 Å². The molecule has 0 rings (SSSR count). The maximum Gasteiger partial charge on any atom is 0.494 e. The third-order valence-electron chi connectivity index (χ3n) is 4.04. The molecule has 0 aromatic rings. The standard InChI is InChI=1S/C16H34O3Si/c1-5-8-9-10-11-12-13-14-15-18-16(17)19-20(4,6-2)7-3/h5-15H2,1-4H3. The highest BCUT2D eigenvalue weighted by atomic mass is 28.4. The fraction of sp³-hybridized carbons (Fsp3) is 0.938. The SMILES string of the molecule is CCCCCCCCCCOC(=O)O[Si](C)(CC)CC. The Bertz CT molecular complexity index is 240. The molecule has 0 aliphatic heterocycles. The zero-order valence-electron chi connectivity index (χ0n) is 14.0. The number of rotatable bonds is 12. The van der Waals surface area contributed by atoms with Crippen molar-refractivity contribution in [2.75, 3.05) is 6.61 Å². The summed E-state index contributed by atoms with van der Waals surface area (Å²) < 4.78 is 10.6. The van der Waals surface area contributed by atoms with Crippen molar-refractivity contribution < 1.29 is 14.0 Å². The van der Waals surface area contributed by atoms with Crippen LogP contribution in [0.2, 0.25) is 18.6 Å². The molecule has 0 fully saturated rings. The molecule has 0 aromatic carbocycles. The van der Waals surface area contributed by atoms with E-state index in [0.29, 0.717) is 6.61 Å². The van der Waals surface area contributed by atoms with Crippen molar-refractivity contribution in [1.82, 2.24) is 0 Å². The first-order chi connectivity index (χ1) is 9.58. The maximum atomic E-state index is 11.6. The number of hydrogen-bond acceptors (Lipinski definition) is 3. The molecule has 0 spiro atoms. The summed E-state index contributed by atoms with van der Waals surface area (Å²) in [6.45, 7) is 9.00. The van der Waals surface area contributed by atoms with Gasteiger partial charge in [0.2, 0.25) is 0 Å². The molecule has 0 radical (unpaired) electrons. The first kappa shape index (κ1) is 19.5. The lowest BCUT2D eigenvalue weighted by atomic mass is 10.1. The van der Waals surface area contributed by atoms with Crippen molar-refractivity contribution in [3.8, 4) is 0 Å². The minimum absolute atomic E-state index is 0.453. The van der Waals surface area contributed by atoms with Crippen molar-refractivity contribution in [3.05, 3.63) is 0 Å². The number of ether oxygens (including phenoxy) is 1. The lowest BCUT2D eigenvalue weighted by molar-refractivity contribution is 0.0943. The number of carbonyl (C=O) groups excluding carboxylic acids is 1. The normalized spacial score (nSPS) is 11.4. The molecule has 0 N–H and O–H groups in total. The molecular weight excluding hydrogens is 268 g/mol. The predicted molar refractivity (Wildman–Crippen MR) is 87.6 cm³/mol. The van der Waals surface area contributed by atoms with E-state index in [1.807, 2.05) is 0 Å². The summed E-state index contributed by atoms with van der Waals surface area (Å²) in [5, 5.41) is 0. The van der Waals surface area contributed by atoms with Crippen LogP contribution in [-0.2, 0) is 9.16 Å². The van der Waals surface area contributed by atoms with Gasteiger partial charge in [-0.3, -0.25) is 0 Å². The number of carbonyl (C=O) groups is 1. The Kier molecular flexibility index (Phi) is 11.9. The minimum atomic E-state index is -1.83. The van der Waals surface area contributed by atoms with E-state index in [2.05, 4.69) is 27.3 Å². The first-order valence-electron chi connectivity index (χ1n) is 8.43. The largest absolute Gasteiger partial charge is 0.494 e. The Morgan fingerprint density at radius 3 is 1.85 bits per heavy atom. The van der Waals surface area contributed by atoms with Gasteiger partial charge in [0.05, 0.1) is 6.61 Å². The minimum Gasteiger partial charge on any atom is -0.489 e. The molecule has 4 heteroatoms. The van der Waals surface area contributed by atoms with E-state index >= 15 is 0 Å². The van der Waals surface area contributed by atoms with Gasteiger partial charge < -0.3 is 9.16 Å². The summed E-state index contributed by atoms with van der Waals surface area (Å²) in [5.41, 5.74) is 0. The van der Waals surface area contributed by atoms with Crippen molar-refractivity contribution in [2.45, 2.75) is 90.8 Å². The Hall–Kier alpha value is -0.513. The predicted octanol–water partition coefficient (Wildman–Crippen LogP) is 5.90. The van der Waals surface area contributed by atoms with Gasteiger partial charge in [0.25, 0.3) is 8.32 Å².